The van der Waals surface area contributed by atoms with Gasteiger partial charge in [-0.3, -0.25) is 9.69 Å². The first-order valence-electron chi connectivity index (χ1n) is 9.54. The molecule has 8 nitrogen and oxygen atoms in total. The third-order valence-corrected chi connectivity index (χ3v) is 5.31. The molecule has 4 rings (SSSR count). The highest BCUT2D eigenvalue weighted by atomic mass is 35.5. The first-order chi connectivity index (χ1) is 14.5. The Balaban J connectivity index is 1.23. The number of fused-ring (bicyclic) bond motifs is 1. The molecule has 1 N–H and O–H groups in total. The van der Waals surface area contributed by atoms with E-state index >= 15 is 0 Å². The van der Waals surface area contributed by atoms with Crippen LogP contribution in [0.2, 0.25) is 5.02 Å². The zero-order valence-corrected chi connectivity index (χ0v) is 16.9. The van der Waals surface area contributed by atoms with Crippen molar-refractivity contribution < 1.29 is 28.9 Å². The molecule has 0 saturated carbocycles. The van der Waals surface area contributed by atoms with Gasteiger partial charge in [0.25, 0.3) is 5.91 Å². The second kappa shape index (κ2) is 8.81. The van der Waals surface area contributed by atoms with E-state index in [9.17, 15) is 14.7 Å². The first-order valence-corrected chi connectivity index (χ1v) is 9.92. The molecule has 158 valence electrons. The molecule has 0 atom stereocenters. The zero-order valence-electron chi connectivity index (χ0n) is 16.2. The molecular weight excluding hydrogens is 412 g/mol. The number of rotatable bonds is 5. The van der Waals surface area contributed by atoms with Crippen LogP contribution in [-0.2, 0) is 16.1 Å². The summed E-state index contributed by atoms with van der Waals surface area (Å²) in [6, 6.07) is 9.98. The lowest BCUT2D eigenvalue weighted by atomic mass is 10.1. The number of carbonyl (C=O) groups is 2. The quantitative estimate of drug-likeness (QED) is 0.725. The summed E-state index contributed by atoms with van der Waals surface area (Å²) in [6.07, 6.45) is 0. The maximum Gasteiger partial charge on any atom is 0.342 e. The minimum atomic E-state index is -0.765. The third-order valence-electron chi connectivity index (χ3n) is 5.07. The molecule has 2 aromatic carbocycles. The summed E-state index contributed by atoms with van der Waals surface area (Å²) in [5.41, 5.74) is 1.09. The summed E-state index contributed by atoms with van der Waals surface area (Å²) >= 11 is 5.75. The van der Waals surface area contributed by atoms with Gasteiger partial charge < -0.3 is 24.2 Å². The van der Waals surface area contributed by atoms with E-state index in [1.165, 1.54) is 18.2 Å². The van der Waals surface area contributed by atoms with E-state index in [-0.39, 0.29) is 30.6 Å². The molecule has 1 fully saturated rings. The Bertz CT molecular complexity index is 959. The van der Waals surface area contributed by atoms with E-state index in [1.807, 2.05) is 18.2 Å². The number of carbonyl (C=O) groups excluding carboxylic acids is 2. The molecule has 2 aliphatic rings. The van der Waals surface area contributed by atoms with E-state index in [1.54, 1.807) is 4.90 Å². The topological polar surface area (TPSA) is 88.5 Å². The highest BCUT2D eigenvalue weighted by molar-refractivity contribution is 6.30. The smallest absolute Gasteiger partial charge is 0.342 e. The molecule has 9 heteroatoms. The normalized spacial score (nSPS) is 15.8. The van der Waals surface area contributed by atoms with Gasteiger partial charge in [-0.1, -0.05) is 17.7 Å². The molecule has 0 aromatic heterocycles. The minimum absolute atomic E-state index is 0.0271. The molecule has 0 bridgehead atoms. The molecule has 30 heavy (non-hydrogen) atoms. The lowest BCUT2D eigenvalue weighted by Crippen LogP contribution is -2.49. The molecule has 1 saturated heterocycles. The van der Waals surface area contributed by atoms with Gasteiger partial charge in [0.2, 0.25) is 6.79 Å². The molecule has 0 spiro atoms. The summed E-state index contributed by atoms with van der Waals surface area (Å²) in [5, 5.41) is 10.1. The van der Waals surface area contributed by atoms with Crippen LogP contribution in [0.3, 0.4) is 0 Å². The highest BCUT2D eigenvalue weighted by Gasteiger charge is 2.23. The van der Waals surface area contributed by atoms with Gasteiger partial charge in [-0.25, -0.2) is 4.79 Å². The average Bonchev–Trinajstić information content (AvgIpc) is 3.20. The molecule has 0 unspecified atom stereocenters. The van der Waals surface area contributed by atoms with Crippen LogP contribution >= 0.6 is 11.6 Å². The number of piperazine rings is 1. The number of hydrogen-bond donors (Lipinski definition) is 1. The van der Waals surface area contributed by atoms with E-state index in [2.05, 4.69) is 4.90 Å². The molecule has 1 amide bonds. The molecule has 2 aromatic rings. The third kappa shape index (κ3) is 4.60. The van der Waals surface area contributed by atoms with Crippen molar-refractivity contribution in [3.8, 4) is 17.2 Å². The van der Waals surface area contributed by atoms with Crippen LogP contribution in [-0.4, -0.2) is 66.4 Å². The van der Waals surface area contributed by atoms with Crippen LogP contribution in [0.4, 0.5) is 0 Å². The number of benzene rings is 2. The number of esters is 1. The largest absolute Gasteiger partial charge is 0.507 e. The van der Waals surface area contributed by atoms with Gasteiger partial charge >= 0.3 is 5.97 Å². The van der Waals surface area contributed by atoms with E-state index in [4.69, 9.17) is 25.8 Å². The lowest BCUT2D eigenvalue weighted by Gasteiger charge is -2.34. The Hall–Kier alpha value is -2.97. The number of amides is 1. The highest BCUT2D eigenvalue weighted by Crippen LogP contribution is 2.32. The number of aromatic hydroxyl groups is 1. The molecule has 2 heterocycles. The van der Waals surface area contributed by atoms with Gasteiger partial charge in [-0.15, -0.1) is 0 Å². The Morgan fingerprint density at radius 3 is 2.57 bits per heavy atom. The average molecular weight is 433 g/mol. The predicted octanol–water partition coefficient (Wildman–Crippen LogP) is 2.28. The fraction of sp³-hybridized carbons (Fsp3) is 0.333. The summed E-state index contributed by atoms with van der Waals surface area (Å²) in [6.45, 7) is 3.16. The van der Waals surface area contributed by atoms with Crippen LogP contribution in [0, 0.1) is 0 Å². The van der Waals surface area contributed by atoms with Crippen LogP contribution in [0.15, 0.2) is 36.4 Å². The van der Waals surface area contributed by atoms with Crippen molar-refractivity contribution >= 4 is 23.5 Å². The first kappa shape index (κ1) is 20.3. The fourth-order valence-electron chi connectivity index (χ4n) is 3.43. The van der Waals surface area contributed by atoms with E-state index in [0.717, 1.165) is 23.6 Å². The molecule has 0 aliphatic carbocycles. The lowest BCUT2D eigenvalue weighted by molar-refractivity contribution is -0.136. The minimum Gasteiger partial charge on any atom is -0.507 e. The van der Waals surface area contributed by atoms with Crippen LogP contribution in [0.1, 0.15) is 15.9 Å². The van der Waals surface area contributed by atoms with Crippen molar-refractivity contribution in [1.29, 1.82) is 0 Å². The maximum atomic E-state index is 12.4. The number of phenolic OH excluding ortho intramolecular Hbond substituents is 1. The Morgan fingerprint density at radius 1 is 1.03 bits per heavy atom. The Labute approximate surface area is 178 Å². The summed E-state index contributed by atoms with van der Waals surface area (Å²) in [4.78, 5) is 28.4. The second-order valence-electron chi connectivity index (χ2n) is 7.08. The standard InChI is InChI=1S/C21H21ClN2O6/c22-15-2-3-16(17(25)10-15)21(27)28-12-20(26)24-7-5-23(6-8-24)11-14-1-4-18-19(9-14)30-13-29-18/h1-4,9-10,25H,5-8,11-13H2. The van der Waals surface area contributed by atoms with Crippen molar-refractivity contribution in [1.82, 2.24) is 9.80 Å². The van der Waals surface area contributed by atoms with Crippen LogP contribution in [0.25, 0.3) is 0 Å². The second-order valence-corrected chi connectivity index (χ2v) is 7.52. The van der Waals surface area contributed by atoms with Gasteiger partial charge in [0.1, 0.15) is 11.3 Å². The Kier molecular flexibility index (Phi) is 5.96. The zero-order chi connectivity index (χ0) is 21.1. The molecule has 0 radical (unpaired) electrons. The van der Waals surface area contributed by atoms with Crippen molar-refractivity contribution in [3.63, 3.8) is 0 Å². The number of nitrogens with zero attached hydrogens (tertiary/aromatic N) is 2. The molecular formula is C21H21ClN2O6. The van der Waals surface area contributed by atoms with Gasteiger partial charge in [0.15, 0.2) is 18.1 Å². The molecule has 2 aliphatic heterocycles. The van der Waals surface area contributed by atoms with Gasteiger partial charge in [0.05, 0.1) is 0 Å². The summed E-state index contributed by atoms with van der Waals surface area (Å²) in [7, 11) is 0. The number of phenols is 1. The van der Waals surface area contributed by atoms with Crippen molar-refractivity contribution in [3.05, 3.63) is 52.5 Å². The maximum absolute atomic E-state index is 12.4. The van der Waals surface area contributed by atoms with Crippen molar-refractivity contribution in [2.24, 2.45) is 0 Å². The van der Waals surface area contributed by atoms with E-state index < -0.39 is 5.97 Å². The van der Waals surface area contributed by atoms with Gasteiger partial charge in [0, 0.05) is 37.7 Å². The van der Waals surface area contributed by atoms with Crippen molar-refractivity contribution in [2.45, 2.75) is 6.54 Å². The van der Waals surface area contributed by atoms with Crippen LogP contribution < -0.4 is 9.47 Å². The van der Waals surface area contributed by atoms with E-state index in [0.29, 0.717) is 31.2 Å². The fourth-order valence-corrected chi connectivity index (χ4v) is 3.59. The monoisotopic (exact) mass is 432 g/mol. The summed E-state index contributed by atoms with van der Waals surface area (Å²) in [5.74, 6) is 0.209. The Morgan fingerprint density at radius 2 is 1.80 bits per heavy atom. The van der Waals surface area contributed by atoms with Gasteiger partial charge in [-0.05, 0) is 35.9 Å². The number of ether oxygens (including phenoxy) is 3. The predicted molar refractivity (Wildman–Crippen MR) is 108 cm³/mol. The van der Waals surface area contributed by atoms with Crippen LogP contribution in [0.5, 0.6) is 17.2 Å². The SMILES string of the molecule is O=C(OCC(=O)N1CCN(Cc2ccc3c(c2)OCO3)CC1)c1ccc(Cl)cc1O. The number of halogens is 1. The number of hydrogen-bond acceptors (Lipinski definition) is 7. The van der Waals surface area contributed by atoms with Crippen molar-refractivity contribution in [2.75, 3.05) is 39.6 Å². The summed E-state index contributed by atoms with van der Waals surface area (Å²) < 4.78 is 15.8. The van der Waals surface area contributed by atoms with Gasteiger partial charge in [-0.2, -0.15) is 0 Å².